The van der Waals surface area contributed by atoms with Crippen molar-refractivity contribution in [3.05, 3.63) is 29.8 Å². The second kappa shape index (κ2) is 8.91. The lowest BCUT2D eigenvalue weighted by Crippen LogP contribution is -2.35. The van der Waals surface area contributed by atoms with Gasteiger partial charge in [0.25, 0.3) is 0 Å². The van der Waals surface area contributed by atoms with E-state index in [-0.39, 0.29) is 18.7 Å². The predicted molar refractivity (Wildman–Crippen MR) is 76.5 cm³/mol. The first-order valence-electron chi connectivity index (χ1n) is 6.79. The fourth-order valence-corrected chi connectivity index (χ4v) is 2.04. The number of hydrogen-bond acceptors (Lipinski definition) is 4. The molecule has 4 heteroatoms. The van der Waals surface area contributed by atoms with Crippen molar-refractivity contribution in [2.24, 2.45) is 0 Å². The largest absolute Gasteiger partial charge is 0.494 e. The Labute approximate surface area is 115 Å². The Hall–Kier alpha value is -1.10. The van der Waals surface area contributed by atoms with Crippen LogP contribution >= 0.6 is 0 Å². The Morgan fingerprint density at radius 1 is 1.26 bits per heavy atom. The third-order valence-electron chi connectivity index (χ3n) is 3.02. The van der Waals surface area contributed by atoms with Crippen molar-refractivity contribution in [2.75, 3.05) is 26.9 Å². The maximum atomic E-state index is 9.03. The maximum Gasteiger partial charge on any atom is 0.119 e. The molecule has 0 amide bonds. The first-order valence-corrected chi connectivity index (χ1v) is 6.79. The SMILES string of the molecule is CCOc1ccc(C(C)NC(CCO)COC)cc1. The number of benzene rings is 1. The zero-order valence-corrected chi connectivity index (χ0v) is 12.1. The number of ether oxygens (including phenoxy) is 2. The number of rotatable bonds is 9. The van der Waals surface area contributed by atoms with Crippen LogP contribution in [0.15, 0.2) is 24.3 Å². The Kier molecular flexibility index (Phi) is 7.48. The van der Waals surface area contributed by atoms with E-state index >= 15 is 0 Å². The number of nitrogens with one attached hydrogen (secondary N) is 1. The number of hydrogen-bond donors (Lipinski definition) is 2. The van der Waals surface area contributed by atoms with Gasteiger partial charge in [-0.1, -0.05) is 12.1 Å². The van der Waals surface area contributed by atoms with Crippen LogP contribution in [0.3, 0.4) is 0 Å². The molecule has 0 radical (unpaired) electrons. The van der Waals surface area contributed by atoms with E-state index in [2.05, 4.69) is 24.4 Å². The van der Waals surface area contributed by atoms with Crippen LogP contribution in [0.1, 0.15) is 31.9 Å². The lowest BCUT2D eigenvalue weighted by Gasteiger charge is -2.22. The highest BCUT2D eigenvalue weighted by Gasteiger charge is 2.13. The van der Waals surface area contributed by atoms with Crippen molar-refractivity contribution in [3.63, 3.8) is 0 Å². The Morgan fingerprint density at radius 2 is 1.95 bits per heavy atom. The molecular formula is C15H25NO3. The van der Waals surface area contributed by atoms with Gasteiger partial charge in [0.05, 0.1) is 13.2 Å². The van der Waals surface area contributed by atoms with E-state index in [1.165, 1.54) is 5.56 Å². The van der Waals surface area contributed by atoms with E-state index in [9.17, 15) is 0 Å². The van der Waals surface area contributed by atoms with Crippen molar-refractivity contribution in [3.8, 4) is 5.75 Å². The van der Waals surface area contributed by atoms with Gasteiger partial charge in [-0.2, -0.15) is 0 Å². The van der Waals surface area contributed by atoms with Gasteiger partial charge in [0.2, 0.25) is 0 Å². The smallest absolute Gasteiger partial charge is 0.119 e. The van der Waals surface area contributed by atoms with Crippen LogP contribution in [0.4, 0.5) is 0 Å². The van der Waals surface area contributed by atoms with Gasteiger partial charge < -0.3 is 19.9 Å². The van der Waals surface area contributed by atoms with E-state index in [0.29, 0.717) is 19.6 Å². The maximum absolute atomic E-state index is 9.03. The molecular weight excluding hydrogens is 242 g/mol. The van der Waals surface area contributed by atoms with E-state index in [4.69, 9.17) is 14.6 Å². The quantitative estimate of drug-likeness (QED) is 0.719. The highest BCUT2D eigenvalue weighted by Crippen LogP contribution is 2.18. The first-order chi connectivity index (χ1) is 9.21. The Morgan fingerprint density at radius 3 is 2.47 bits per heavy atom. The summed E-state index contributed by atoms with van der Waals surface area (Å²) in [5.41, 5.74) is 1.20. The summed E-state index contributed by atoms with van der Waals surface area (Å²) in [4.78, 5) is 0. The number of methoxy groups -OCH3 is 1. The molecule has 0 aliphatic heterocycles. The number of aliphatic hydroxyl groups is 1. The minimum Gasteiger partial charge on any atom is -0.494 e. The van der Waals surface area contributed by atoms with E-state index in [1.54, 1.807) is 7.11 Å². The van der Waals surface area contributed by atoms with E-state index in [1.807, 2.05) is 19.1 Å². The Balaban J connectivity index is 2.57. The first kappa shape index (κ1) is 16.0. The third kappa shape index (κ3) is 5.59. The molecule has 19 heavy (non-hydrogen) atoms. The zero-order chi connectivity index (χ0) is 14.1. The van der Waals surface area contributed by atoms with Gasteiger partial charge in [-0.25, -0.2) is 0 Å². The second-order valence-corrected chi connectivity index (χ2v) is 4.55. The fourth-order valence-electron chi connectivity index (χ4n) is 2.04. The third-order valence-corrected chi connectivity index (χ3v) is 3.02. The predicted octanol–water partition coefficient (Wildman–Crippen LogP) is 2.13. The summed E-state index contributed by atoms with van der Waals surface area (Å²) in [6.45, 7) is 5.52. The van der Waals surface area contributed by atoms with Gasteiger partial charge in [0.15, 0.2) is 0 Å². The van der Waals surface area contributed by atoms with Crippen LogP contribution in [0.2, 0.25) is 0 Å². The van der Waals surface area contributed by atoms with Gasteiger partial charge in [-0.05, 0) is 38.0 Å². The zero-order valence-electron chi connectivity index (χ0n) is 12.1. The van der Waals surface area contributed by atoms with Gasteiger partial charge in [0.1, 0.15) is 5.75 Å². The standard InChI is InChI=1S/C15H25NO3/c1-4-19-15-7-5-13(6-8-15)12(2)16-14(9-10-17)11-18-3/h5-8,12,14,16-17H,4,9-11H2,1-3H3. The monoisotopic (exact) mass is 267 g/mol. The van der Waals surface area contributed by atoms with Crippen molar-refractivity contribution >= 4 is 0 Å². The molecule has 2 unspecified atom stereocenters. The molecule has 0 fully saturated rings. The van der Waals surface area contributed by atoms with Crippen molar-refractivity contribution in [1.82, 2.24) is 5.32 Å². The number of aliphatic hydroxyl groups excluding tert-OH is 1. The van der Waals surface area contributed by atoms with Gasteiger partial charge in [0, 0.05) is 25.8 Å². The van der Waals surface area contributed by atoms with Crippen molar-refractivity contribution in [1.29, 1.82) is 0 Å². The van der Waals surface area contributed by atoms with Crippen LogP contribution < -0.4 is 10.1 Å². The molecule has 1 rings (SSSR count). The molecule has 108 valence electrons. The summed E-state index contributed by atoms with van der Waals surface area (Å²) < 4.78 is 10.6. The molecule has 0 saturated carbocycles. The highest BCUT2D eigenvalue weighted by molar-refractivity contribution is 5.29. The van der Waals surface area contributed by atoms with Gasteiger partial charge in [-0.15, -0.1) is 0 Å². The Bertz CT molecular complexity index is 334. The van der Waals surface area contributed by atoms with Crippen LogP contribution in [-0.4, -0.2) is 38.1 Å². The van der Waals surface area contributed by atoms with Crippen molar-refractivity contribution in [2.45, 2.75) is 32.4 Å². The average Bonchev–Trinajstić information content (AvgIpc) is 2.40. The molecule has 0 heterocycles. The van der Waals surface area contributed by atoms with Crippen LogP contribution in [0, 0.1) is 0 Å². The molecule has 0 saturated heterocycles. The molecule has 2 N–H and O–H groups in total. The second-order valence-electron chi connectivity index (χ2n) is 4.55. The average molecular weight is 267 g/mol. The fraction of sp³-hybridized carbons (Fsp3) is 0.600. The summed E-state index contributed by atoms with van der Waals surface area (Å²) in [6.07, 6.45) is 0.690. The molecule has 2 atom stereocenters. The molecule has 1 aromatic carbocycles. The minimum atomic E-state index is 0.163. The van der Waals surface area contributed by atoms with Crippen LogP contribution in [-0.2, 0) is 4.74 Å². The molecule has 4 nitrogen and oxygen atoms in total. The lowest BCUT2D eigenvalue weighted by molar-refractivity contribution is 0.143. The van der Waals surface area contributed by atoms with Crippen molar-refractivity contribution < 1.29 is 14.6 Å². The summed E-state index contributed by atoms with van der Waals surface area (Å²) in [7, 11) is 1.67. The topological polar surface area (TPSA) is 50.7 Å². The van der Waals surface area contributed by atoms with Gasteiger partial charge in [-0.3, -0.25) is 0 Å². The minimum absolute atomic E-state index is 0.163. The van der Waals surface area contributed by atoms with Crippen LogP contribution in [0.5, 0.6) is 5.75 Å². The molecule has 0 aromatic heterocycles. The molecule has 0 aliphatic rings. The van der Waals surface area contributed by atoms with E-state index in [0.717, 1.165) is 5.75 Å². The summed E-state index contributed by atoms with van der Waals surface area (Å²) in [5.74, 6) is 0.891. The normalized spacial score (nSPS) is 14.1. The van der Waals surface area contributed by atoms with Crippen LogP contribution in [0.25, 0.3) is 0 Å². The van der Waals surface area contributed by atoms with E-state index < -0.39 is 0 Å². The molecule has 1 aromatic rings. The lowest BCUT2D eigenvalue weighted by atomic mass is 10.1. The molecule has 0 spiro atoms. The molecule has 0 bridgehead atoms. The highest BCUT2D eigenvalue weighted by atomic mass is 16.5. The molecule has 0 aliphatic carbocycles. The summed E-state index contributed by atoms with van der Waals surface area (Å²) in [5, 5.41) is 12.5. The summed E-state index contributed by atoms with van der Waals surface area (Å²) in [6, 6.07) is 8.46. The van der Waals surface area contributed by atoms with Gasteiger partial charge >= 0.3 is 0 Å². The summed E-state index contributed by atoms with van der Waals surface area (Å²) >= 11 is 0.